The van der Waals surface area contributed by atoms with Crippen molar-refractivity contribution in [1.29, 1.82) is 0 Å². The summed E-state index contributed by atoms with van der Waals surface area (Å²) >= 11 is 0. The van der Waals surface area contributed by atoms with Crippen LogP contribution in [0.3, 0.4) is 0 Å². The molecular weight excluding hydrogens is 184 g/mol. The average Bonchev–Trinajstić information content (AvgIpc) is 2.28. The molecule has 1 rings (SSSR count). The maximum atomic E-state index is 9.99. The molecule has 1 radical (unpaired) electrons. The molecule has 0 saturated carbocycles. The van der Waals surface area contributed by atoms with Crippen LogP contribution in [0.1, 0.15) is 37.3 Å². The van der Waals surface area contributed by atoms with Crippen LogP contribution < -0.4 is 0 Å². The third kappa shape index (κ3) is 4.59. The number of rotatable bonds is 6. The van der Waals surface area contributed by atoms with Gasteiger partial charge in [-0.25, -0.2) is 0 Å². The Morgan fingerprint density at radius 1 is 1.27 bits per heavy atom. The summed E-state index contributed by atoms with van der Waals surface area (Å²) in [4.78, 5) is 9.99. The van der Waals surface area contributed by atoms with E-state index in [2.05, 4.69) is 31.2 Å². The minimum atomic E-state index is 0.373. The van der Waals surface area contributed by atoms with Crippen molar-refractivity contribution in [2.24, 2.45) is 0 Å². The van der Waals surface area contributed by atoms with Crippen LogP contribution in [0.5, 0.6) is 0 Å². The highest BCUT2D eigenvalue weighted by molar-refractivity contribution is 5.58. The van der Waals surface area contributed by atoms with Gasteiger partial charge in [-0.3, -0.25) is 4.79 Å². The normalized spacial score (nSPS) is 10.7. The molecule has 0 aliphatic rings. The molecule has 0 aliphatic heterocycles. The lowest BCUT2D eigenvalue weighted by atomic mass is 10.1. The zero-order chi connectivity index (χ0) is 10.9. The Morgan fingerprint density at radius 3 is 2.60 bits per heavy atom. The Bertz CT molecular complexity index is 309. The van der Waals surface area contributed by atoms with Crippen molar-refractivity contribution in [2.75, 3.05) is 0 Å². The summed E-state index contributed by atoms with van der Waals surface area (Å²) in [5, 5.41) is 0. The first kappa shape index (κ1) is 11.7. The van der Waals surface area contributed by atoms with Crippen molar-refractivity contribution in [3.05, 3.63) is 41.5 Å². The highest BCUT2D eigenvalue weighted by Gasteiger charge is 1.91. The van der Waals surface area contributed by atoms with Gasteiger partial charge in [0.2, 0.25) is 6.29 Å². The van der Waals surface area contributed by atoms with Crippen molar-refractivity contribution in [2.45, 2.75) is 32.6 Å². The van der Waals surface area contributed by atoms with E-state index in [4.69, 9.17) is 0 Å². The van der Waals surface area contributed by atoms with Gasteiger partial charge in [0, 0.05) is 6.42 Å². The van der Waals surface area contributed by atoms with Crippen LogP contribution in [0.2, 0.25) is 0 Å². The van der Waals surface area contributed by atoms with E-state index in [0.29, 0.717) is 6.42 Å². The molecule has 1 aromatic carbocycles. The summed E-state index contributed by atoms with van der Waals surface area (Å²) in [7, 11) is 0. The number of benzene rings is 1. The van der Waals surface area contributed by atoms with E-state index in [1.165, 1.54) is 18.4 Å². The van der Waals surface area contributed by atoms with E-state index in [9.17, 15) is 4.79 Å². The Morgan fingerprint density at radius 2 is 2.00 bits per heavy atom. The van der Waals surface area contributed by atoms with E-state index in [-0.39, 0.29) is 0 Å². The maximum absolute atomic E-state index is 9.99. The van der Waals surface area contributed by atoms with Gasteiger partial charge in [0.05, 0.1) is 0 Å². The third-order valence-electron chi connectivity index (χ3n) is 2.31. The first-order valence-electron chi connectivity index (χ1n) is 5.47. The Labute approximate surface area is 91.8 Å². The van der Waals surface area contributed by atoms with E-state index in [1.807, 2.05) is 18.4 Å². The molecular formula is C14H17O. The molecule has 0 N–H and O–H groups in total. The van der Waals surface area contributed by atoms with Gasteiger partial charge in [0.1, 0.15) is 0 Å². The van der Waals surface area contributed by atoms with Crippen molar-refractivity contribution < 1.29 is 4.79 Å². The molecule has 0 heterocycles. The number of allylic oxidation sites excluding steroid dienone is 1. The molecule has 0 aliphatic carbocycles. The fraction of sp³-hybridized carbons (Fsp3) is 0.357. The summed E-state index contributed by atoms with van der Waals surface area (Å²) in [5.41, 5.74) is 2.53. The van der Waals surface area contributed by atoms with Gasteiger partial charge in [0.15, 0.2) is 0 Å². The van der Waals surface area contributed by atoms with Crippen LogP contribution in [-0.4, -0.2) is 6.29 Å². The van der Waals surface area contributed by atoms with Gasteiger partial charge in [-0.2, -0.15) is 0 Å². The lowest BCUT2D eigenvalue weighted by Crippen LogP contribution is -1.84. The predicted octanol–water partition coefficient (Wildman–Crippen LogP) is 3.54. The zero-order valence-corrected chi connectivity index (χ0v) is 9.20. The fourth-order valence-electron chi connectivity index (χ4n) is 1.42. The molecule has 0 fully saturated rings. The van der Waals surface area contributed by atoms with Gasteiger partial charge in [-0.05, 0) is 24.0 Å². The minimum Gasteiger partial charge on any atom is -0.291 e. The number of hydrogen-bond donors (Lipinski definition) is 0. The summed E-state index contributed by atoms with van der Waals surface area (Å²) in [5.74, 6) is 0. The van der Waals surface area contributed by atoms with E-state index >= 15 is 0 Å². The predicted molar refractivity (Wildman–Crippen MR) is 64.4 cm³/mol. The van der Waals surface area contributed by atoms with Gasteiger partial charge in [0.25, 0.3) is 0 Å². The van der Waals surface area contributed by atoms with Crippen LogP contribution in [-0.2, 0) is 11.2 Å². The lowest BCUT2D eigenvalue weighted by Gasteiger charge is -2.00. The Balaban J connectivity index is 2.52. The summed E-state index contributed by atoms with van der Waals surface area (Å²) in [6, 6.07) is 8.48. The second-order valence-electron chi connectivity index (χ2n) is 3.60. The number of hydrogen-bond acceptors (Lipinski definition) is 1. The fourth-order valence-corrected chi connectivity index (χ4v) is 1.42. The van der Waals surface area contributed by atoms with E-state index in [0.717, 1.165) is 12.0 Å². The molecule has 1 heteroatoms. The lowest BCUT2D eigenvalue weighted by molar-refractivity contribution is 0.556. The number of aryl methyl sites for hydroxylation is 1. The maximum Gasteiger partial charge on any atom is 0.202 e. The van der Waals surface area contributed by atoms with Gasteiger partial charge in [-0.15, -0.1) is 0 Å². The highest BCUT2D eigenvalue weighted by atomic mass is 16.1. The van der Waals surface area contributed by atoms with Crippen LogP contribution in [0, 0.1) is 0 Å². The number of unbranched alkanes of at least 4 members (excludes halogenated alkanes) is 1. The largest absolute Gasteiger partial charge is 0.291 e. The topological polar surface area (TPSA) is 17.1 Å². The SMILES string of the molecule is CCCCc1ccc(C=CC[C]=O)cc1. The highest BCUT2D eigenvalue weighted by Crippen LogP contribution is 2.09. The smallest absolute Gasteiger partial charge is 0.202 e. The standard InChI is InChI=1S/C14H17O/c1-2-3-6-13-8-10-14(11-9-13)7-4-5-12-15/h4,7-11H,2-3,5-6H2,1H3. The average molecular weight is 201 g/mol. The van der Waals surface area contributed by atoms with Gasteiger partial charge in [-0.1, -0.05) is 49.8 Å². The molecule has 0 spiro atoms. The van der Waals surface area contributed by atoms with Crippen molar-refractivity contribution in [3.63, 3.8) is 0 Å². The Hall–Kier alpha value is -1.37. The molecule has 0 bridgehead atoms. The number of carbonyl (C=O) groups excluding carboxylic acids is 1. The van der Waals surface area contributed by atoms with Crippen molar-refractivity contribution in [3.8, 4) is 0 Å². The molecule has 15 heavy (non-hydrogen) atoms. The van der Waals surface area contributed by atoms with Crippen molar-refractivity contribution >= 4 is 12.4 Å². The molecule has 0 unspecified atom stereocenters. The van der Waals surface area contributed by atoms with Crippen LogP contribution >= 0.6 is 0 Å². The van der Waals surface area contributed by atoms with Crippen LogP contribution in [0.15, 0.2) is 30.3 Å². The van der Waals surface area contributed by atoms with E-state index in [1.54, 1.807) is 0 Å². The Kier molecular flexibility index (Phi) is 5.46. The summed E-state index contributed by atoms with van der Waals surface area (Å²) in [6.07, 6.45) is 9.63. The zero-order valence-electron chi connectivity index (χ0n) is 9.20. The molecule has 1 aromatic rings. The molecule has 0 atom stereocenters. The molecule has 1 nitrogen and oxygen atoms in total. The second kappa shape index (κ2) is 6.99. The van der Waals surface area contributed by atoms with Crippen LogP contribution in [0.4, 0.5) is 0 Å². The first-order valence-corrected chi connectivity index (χ1v) is 5.47. The first-order chi connectivity index (χ1) is 7.36. The third-order valence-corrected chi connectivity index (χ3v) is 2.31. The monoisotopic (exact) mass is 201 g/mol. The molecule has 79 valence electrons. The van der Waals surface area contributed by atoms with Gasteiger partial charge < -0.3 is 0 Å². The van der Waals surface area contributed by atoms with Gasteiger partial charge >= 0.3 is 0 Å². The second-order valence-corrected chi connectivity index (χ2v) is 3.60. The quantitative estimate of drug-likeness (QED) is 0.688. The summed E-state index contributed by atoms with van der Waals surface area (Å²) in [6.45, 7) is 2.20. The van der Waals surface area contributed by atoms with Crippen LogP contribution in [0.25, 0.3) is 6.08 Å². The van der Waals surface area contributed by atoms with Crippen molar-refractivity contribution in [1.82, 2.24) is 0 Å². The molecule has 0 amide bonds. The minimum absolute atomic E-state index is 0.373. The molecule has 0 saturated heterocycles. The van der Waals surface area contributed by atoms with E-state index < -0.39 is 0 Å². The molecule has 0 aromatic heterocycles. The summed E-state index contributed by atoms with van der Waals surface area (Å²) < 4.78 is 0.